The van der Waals surface area contributed by atoms with Crippen LogP contribution in [0.2, 0.25) is 0 Å². The van der Waals surface area contributed by atoms with Gasteiger partial charge >= 0.3 is 0 Å². The van der Waals surface area contributed by atoms with Crippen molar-refractivity contribution in [3.05, 3.63) is 77.1 Å². The molecule has 29 heavy (non-hydrogen) atoms. The Bertz CT molecular complexity index is 1270. The molecule has 0 spiro atoms. The maximum Gasteiger partial charge on any atom is 0.261 e. The molecular weight excluding hydrogens is 382 g/mol. The topological polar surface area (TPSA) is 55.2 Å². The molecule has 1 amide bonds. The monoisotopic (exact) mass is 403 g/mol. The molecule has 0 aliphatic rings. The highest BCUT2D eigenvalue weighted by molar-refractivity contribution is 8.00. The van der Waals surface area contributed by atoms with E-state index in [4.69, 9.17) is 4.98 Å². The van der Waals surface area contributed by atoms with E-state index in [1.165, 1.54) is 16.3 Å². The summed E-state index contributed by atoms with van der Waals surface area (Å²) in [7, 11) is 3.46. The van der Waals surface area contributed by atoms with E-state index >= 15 is 0 Å². The lowest BCUT2D eigenvalue weighted by Gasteiger charge is -2.21. The molecule has 0 bridgehead atoms. The molecule has 0 fully saturated rings. The van der Waals surface area contributed by atoms with E-state index in [0.29, 0.717) is 16.1 Å². The molecule has 0 saturated carbocycles. The minimum absolute atomic E-state index is 0.0472. The van der Waals surface area contributed by atoms with Crippen LogP contribution < -0.4 is 10.5 Å². The smallest absolute Gasteiger partial charge is 0.261 e. The van der Waals surface area contributed by atoms with Crippen LogP contribution in [0.15, 0.2) is 76.7 Å². The Labute approximate surface area is 173 Å². The van der Waals surface area contributed by atoms with Crippen LogP contribution >= 0.6 is 11.8 Å². The number of hydrogen-bond donors (Lipinski definition) is 0. The summed E-state index contributed by atoms with van der Waals surface area (Å²) >= 11 is 1.30. The van der Waals surface area contributed by atoms with Crippen LogP contribution in [0.5, 0.6) is 0 Å². The molecule has 146 valence electrons. The fourth-order valence-corrected chi connectivity index (χ4v) is 4.27. The summed E-state index contributed by atoms with van der Waals surface area (Å²) in [6, 6.07) is 21.2. The first kappa shape index (κ1) is 19.2. The van der Waals surface area contributed by atoms with Crippen LogP contribution in [0.25, 0.3) is 21.7 Å². The number of aromatic nitrogens is 2. The predicted molar refractivity (Wildman–Crippen MR) is 120 cm³/mol. The Morgan fingerprint density at radius 3 is 2.34 bits per heavy atom. The molecule has 0 aliphatic heterocycles. The SMILES string of the molecule is C[C@@H](Sc1nc2cc3ccccc3cc2c(=O)n1C)C(=O)N(C)c1ccccc1. The van der Waals surface area contributed by atoms with Crippen molar-refractivity contribution in [2.24, 2.45) is 7.05 Å². The van der Waals surface area contributed by atoms with Crippen molar-refractivity contribution in [1.29, 1.82) is 0 Å². The van der Waals surface area contributed by atoms with Gasteiger partial charge in [-0.15, -0.1) is 0 Å². The van der Waals surface area contributed by atoms with Gasteiger partial charge < -0.3 is 4.90 Å². The molecule has 1 atom stereocenters. The number of hydrogen-bond acceptors (Lipinski definition) is 4. The van der Waals surface area contributed by atoms with Crippen molar-refractivity contribution in [1.82, 2.24) is 9.55 Å². The lowest BCUT2D eigenvalue weighted by Crippen LogP contribution is -2.33. The largest absolute Gasteiger partial charge is 0.315 e. The number of carbonyl (C=O) groups excluding carboxylic acids is 1. The number of nitrogens with zero attached hydrogens (tertiary/aromatic N) is 3. The first-order valence-electron chi connectivity index (χ1n) is 9.34. The van der Waals surface area contributed by atoms with Gasteiger partial charge in [-0.2, -0.15) is 0 Å². The molecule has 4 rings (SSSR count). The Hall–Kier alpha value is -3.12. The van der Waals surface area contributed by atoms with E-state index in [-0.39, 0.29) is 11.5 Å². The van der Waals surface area contributed by atoms with Gasteiger partial charge in [0, 0.05) is 19.8 Å². The molecule has 0 N–H and O–H groups in total. The zero-order valence-corrected chi connectivity index (χ0v) is 17.3. The molecule has 0 radical (unpaired) electrons. The third-order valence-corrected chi connectivity index (χ3v) is 6.14. The van der Waals surface area contributed by atoms with Gasteiger partial charge in [0.25, 0.3) is 5.56 Å². The normalized spacial score (nSPS) is 12.2. The quantitative estimate of drug-likeness (QED) is 0.291. The molecule has 0 unspecified atom stereocenters. The Balaban J connectivity index is 1.68. The van der Waals surface area contributed by atoms with Crippen LogP contribution in [0.4, 0.5) is 5.69 Å². The molecule has 5 nitrogen and oxygen atoms in total. The van der Waals surface area contributed by atoms with Crippen LogP contribution in [0.3, 0.4) is 0 Å². The number of para-hydroxylation sites is 1. The third kappa shape index (κ3) is 3.63. The molecule has 4 aromatic rings. The van der Waals surface area contributed by atoms with Crippen molar-refractivity contribution in [2.75, 3.05) is 11.9 Å². The molecule has 0 aliphatic carbocycles. The third-order valence-electron chi connectivity index (χ3n) is 5.01. The number of thioether (sulfide) groups is 1. The predicted octanol–water partition coefficient (Wildman–Crippen LogP) is 4.23. The van der Waals surface area contributed by atoms with E-state index in [9.17, 15) is 9.59 Å². The second-order valence-electron chi connectivity index (χ2n) is 6.97. The molecule has 1 aromatic heterocycles. The van der Waals surface area contributed by atoms with Gasteiger partial charge in [0.1, 0.15) is 0 Å². The number of anilines is 1. The lowest BCUT2D eigenvalue weighted by atomic mass is 10.1. The van der Waals surface area contributed by atoms with Crippen molar-refractivity contribution in [3.63, 3.8) is 0 Å². The maximum absolute atomic E-state index is 12.9. The Morgan fingerprint density at radius 1 is 1.03 bits per heavy atom. The van der Waals surface area contributed by atoms with Crippen LogP contribution in [-0.4, -0.2) is 27.8 Å². The minimum Gasteiger partial charge on any atom is -0.315 e. The first-order chi connectivity index (χ1) is 14.0. The van der Waals surface area contributed by atoms with Crippen molar-refractivity contribution in [3.8, 4) is 0 Å². The number of fused-ring (bicyclic) bond motifs is 2. The lowest BCUT2D eigenvalue weighted by molar-refractivity contribution is -0.117. The van der Waals surface area contributed by atoms with E-state index in [2.05, 4.69) is 0 Å². The number of rotatable bonds is 4. The van der Waals surface area contributed by atoms with E-state index in [0.717, 1.165) is 16.5 Å². The zero-order chi connectivity index (χ0) is 20.5. The van der Waals surface area contributed by atoms with Crippen molar-refractivity contribution in [2.45, 2.75) is 17.3 Å². The second-order valence-corrected chi connectivity index (χ2v) is 8.28. The van der Waals surface area contributed by atoms with Crippen molar-refractivity contribution < 1.29 is 4.79 Å². The van der Waals surface area contributed by atoms with Crippen molar-refractivity contribution >= 4 is 45.0 Å². The summed E-state index contributed by atoms with van der Waals surface area (Å²) in [5, 5.41) is 2.75. The molecular formula is C23H21N3O2S. The summed E-state index contributed by atoms with van der Waals surface area (Å²) in [6.45, 7) is 1.84. The summed E-state index contributed by atoms with van der Waals surface area (Å²) in [5.41, 5.74) is 1.36. The second kappa shape index (κ2) is 7.72. The summed E-state index contributed by atoms with van der Waals surface area (Å²) in [5.74, 6) is -0.0472. The Morgan fingerprint density at radius 2 is 1.66 bits per heavy atom. The average Bonchev–Trinajstić information content (AvgIpc) is 2.75. The standard InChI is InChI=1S/C23H21N3O2S/c1-15(21(27)25(2)18-11-5-4-6-12-18)29-23-24-20-14-17-10-8-7-9-16(17)13-19(20)22(28)26(23)3/h4-15H,1-3H3/t15-/m1/s1. The molecule has 3 aromatic carbocycles. The molecule has 0 saturated heterocycles. The fraction of sp³-hybridized carbons (Fsp3) is 0.174. The van der Waals surface area contributed by atoms with Gasteiger partial charge in [-0.3, -0.25) is 14.2 Å². The Kier molecular flexibility index (Phi) is 5.11. The number of benzene rings is 3. The highest BCUT2D eigenvalue weighted by atomic mass is 32.2. The maximum atomic E-state index is 12.9. The van der Waals surface area contributed by atoms with Gasteiger partial charge in [0.15, 0.2) is 5.16 Å². The zero-order valence-electron chi connectivity index (χ0n) is 16.5. The summed E-state index contributed by atoms with van der Waals surface area (Å²) < 4.78 is 1.52. The number of carbonyl (C=O) groups is 1. The number of amides is 1. The summed E-state index contributed by atoms with van der Waals surface area (Å²) in [4.78, 5) is 32.1. The highest BCUT2D eigenvalue weighted by Crippen LogP contribution is 2.26. The van der Waals surface area contributed by atoms with Gasteiger partial charge in [-0.05, 0) is 42.0 Å². The van der Waals surface area contributed by atoms with E-state index in [1.807, 2.05) is 73.7 Å². The first-order valence-corrected chi connectivity index (χ1v) is 10.2. The van der Waals surface area contributed by atoms with Gasteiger partial charge in [-0.25, -0.2) is 4.98 Å². The highest BCUT2D eigenvalue weighted by Gasteiger charge is 2.22. The van der Waals surface area contributed by atoms with Crippen LogP contribution in [0.1, 0.15) is 6.92 Å². The van der Waals surface area contributed by atoms with Gasteiger partial charge in [0.2, 0.25) is 5.91 Å². The van der Waals surface area contributed by atoms with E-state index < -0.39 is 5.25 Å². The minimum atomic E-state index is -0.392. The van der Waals surface area contributed by atoms with E-state index in [1.54, 1.807) is 19.0 Å². The van der Waals surface area contributed by atoms with Crippen LogP contribution in [-0.2, 0) is 11.8 Å². The average molecular weight is 404 g/mol. The van der Waals surface area contributed by atoms with Gasteiger partial charge in [-0.1, -0.05) is 54.2 Å². The molecule has 6 heteroatoms. The summed E-state index contributed by atoms with van der Waals surface area (Å²) in [6.07, 6.45) is 0. The van der Waals surface area contributed by atoms with Crippen LogP contribution in [0, 0.1) is 0 Å². The van der Waals surface area contributed by atoms with Gasteiger partial charge in [0.05, 0.1) is 16.2 Å². The molecule has 1 heterocycles. The fourth-order valence-electron chi connectivity index (χ4n) is 3.30.